The van der Waals surface area contributed by atoms with Gasteiger partial charge >= 0.3 is 0 Å². The first-order valence-corrected chi connectivity index (χ1v) is 13.7. The molecule has 8 nitrogen and oxygen atoms in total. The Bertz CT molecular complexity index is 1280. The number of nitrogens with one attached hydrogen (secondary N) is 1. The van der Waals surface area contributed by atoms with Crippen LogP contribution in [0.15, 0.2) is 30.3 Å². The maximum atomic E-state index is 13.2. The molecule has 1 atom stereocenters. The zero-order valence-electron chi connectivity index (χ0n) is 20.0. The van der Waals surface area contributed by atoms with E-state index in [4.69, 9.17) is 9.72 Å². The van der Waals surface area contributed by atoms with Crippen LogP contribution in [0.1, 0.15) is 54.3 Å². The van der Waals surface area contributed by atoms with E-state index in [1.54, 1.807) is 4.68 Å². The van der Waals surface area contributed by atoms with E-state index in [2.05, 4.69) is 29.5 Å². The highest BCUT2D eigenvalue weighted by molar-refractivity contribution is 7.91. The summed E-state index contributed by atoms with van der Waals surface area (Å²) in [5, 5.41) is 8.31. The highest BCUT2D eigenvalue weighted by Gasteiger charge is 2.32. The number of sulfone groups is 1. The number of amides is 1. The molecule has 4 rings (SSSR count). The van der Waals surface area contributed by atoms with E-state index in [9.17, 15) is 13.2 Å². The summed E-state index contributed by atoms with van der Waals surface area (Å²) >= 11 is 0. The average Bonchev–Trinajstić information content (AvgIpc) is 3.37. The minimum absolute atomic E-state index is 0.0410. The van der Waals surface area contributed by atoms with Crippen molar-refractivity contribution in [3.05, 3.63) is 47.2 Å². The molecule has 0 saturated carbocycles. The molecule has 3 heterocycles. The van der Waals surface area contributed by atoms with Gasteiger partial charge in [0.2, 0.25) is 0 Å². The van der Waals surface area contributed by atoms with Gasteiger partial charge in [-0.05, 0) is 44.7 Å². The molecular weight excluding hydrogens is 452 g/mol. The van der Waals surface area contributed by atoms with Gasteiger partial charge in [-0.15, -0.1) is 0 Å². The minimum Gasteiger partial charge on any atom is -0.382 e. The number of rotatable bonds is 9. The number of carbonyl (C=O) groups is 1. The third-order valence-corrected chi connectivity index (χ3v) is 8.00. The molecule has 1 aliphatic rings. The molecule has 0 aliphatic carbocycles. The molecule has 182 valence electrons. The number of aryl methyl sites for hydroxylation is 2. The summed E-state index contributed by atoms with van der Waals surface area (Å²) in [6.07, 6.45) is 2.15. The van der Waals surface area contributed by atoms with Gasteiger partial charge in [-0.1, -0.05) is 31.2 Å². The van der Waals surface area contributed by atoms with Crippen LogP contribution in [-0.4, -0.2) is 60.4 Å². The van der Waals surface area contributed by atoms with Crippen LogP contribution in [0.25, 0.3) is 22.3 Å². The Labute approximate surface area is 200 Å². The second kappa shape index (κ2) is 10.2. The van der Waals surface area contributed by atoms with Crippen LogP contribution in [0.2, 0.25) is 0 Å². The Morgan fingerprint density at radius 1 is 1.24 bits per heavy atom. The monoisotopic (exact) mass is 484 g/mol. The molecule has 2 aromatic heterocycles. The fourth-order valence-electron chi connectivity index (χ4n) is 4.39. The van der Waals surface area contributed by atoms with Gasteiger partial charge in [-0.3, -0.25) is 4.79 Å². The van der Waals surface area contributed by atoms with Crippen LogP contribution < -0.4 is 5.32 Å². The van der Waals surface area contributed by atoms with Crippen molar-refractivity contribution in [3.63, 3.8) is 0 Å². The lowest BCUT2D eigenvalue weighted by molar-refractivity contribution is 0.0945. The molecule has 1 saturated heterocycles. The number of pyridine rings is 1. The number of hydrogen-bond acceptors (Lipinski definition) is 6. The molecule has 0 spiro atoms. The number of hydrogen-bond donors (Lipinski definition) is 1. The van der Waals surface area contributed by atoms with Crippen molar-refractivity contribution in [2.24, 2.45) is 0 Å². The molecule has 3 aromatic rings. The molecule has 1 amide bonds. The number of nitrogens with zero attached hydrogens (tertiary/aromatic N) is 3. The zero-order chi connectivity index (χ0) is 24.3. The van der Waals surface area contributed by atoms with Gasteiger partial charge in [-0.2, -0.15) is 5.10 Å². The Morgan fingerprint density at radius 3 is 2.65 bits per heavy atom. The van der Waals surface area contributed by atoms with Crippen LogP contribution in [0.5, 0.6) is 0 Å². The summed E-state index contributed by atoms with van der Waals surface area (Å²) in [5.41, 5.74) is 4.50. The van der Waals surface area contributed by atoms with Gasteiger partial charge in [0.05, 0.1) is 39.9 Å². The molecule has 1 aromatic carbocycles. The lowest BCUT2D eigenvalue weighted by Gasteiger charge is -2.12. The van der Waals surface area contributed by atoms with Crippen LogP contribution in [0, 0.1) is 6.92 Å². The quantitative estimate of drug-likeness (QED) is 0.467. The summed E-state index contributed by atoms with van der Waals surface area (Å²) < 4.78 is 31.3. The topological polar surface area (TPSA) is 103 Å². The van der Waals surface area contributed by atoms with Crippen LogP contribution >= 0.6 is 0 Å². The van der Waals surface area contributed by atoms with E-state index in [1.165, 1.54) is 5.56 Å². The maximum Gasteiger partial charge on any atom is 0.252 e. The predicted molar refractivity (Wildman–Crippen MR) is 133 cm³/mol. The third kappa shape index (κ3) is 5.15. The van der Waals surface area contributed by atoms with Crippen LogP contribution in [0.3, 0.4) is 0 Å². The minimum atomic E-state index is -3.10. The Kier molecular flexibility index (Phi) is 7.33. The fraction of sp³-hybridized carbons (Fsp3) is 0.480. The molecule has 0 radical (unpaired) electrons. The summed E-state index contributed by atoms with van der Waals surface area (Å²) in [7, 11) is -3.10. The summed E-state index contributed by atoms with van der Waals surface area (Å²) in [4.78, 5) is 18.1. The predicted octanol–water partition coefficient (Wildman–Crippen LogP) is 3.49. The zero-order valence-corrected chi connectivity index (χ0v) is 20.8. The third-order valence-electron chi connectivity index (χ3n) is 6.25. The normalized spacial score (nSPS) is 17.3. The van der Waals surface area contributed by atoms with E-state index in [-0.39, 0.29) is 23.5 Å². The number of benzene rings is 1. The summed E-state index contributed by atoms with van der Waals surface area (Å²) in [6, 6.07) is 9.65. The maximum absolute atomic E-state index is 13.2. The molecule has 1 fully saturated rings. The largest absolute Gasteiger partial charge is 0.382 e. The van der Waals surface area contributed by atoms with Crippen molar-refractivity contribution in [2.45, 2.75) is 46.1 Å². The molecule has 1 unspecified atom stereocenters. The second-order valence-electron chi connectivity index (χ2n) is 8.70. The van der Waals surface area contributed by atoms with Gasteiger partial charge < -0.3 is 10.1 Å². The molecule has 1 aliphatic heterocycles. The van der Waals surface area contributed by atoms with Gasteiger partial charge in [0, 0.05) is 25.3 Å². The van der Waals surface area contributed by atoms with Gasteiger partial charge in [0.25, 0.3) is 5.91 Å². The molecule has 34 heavy (non-hydrogen) atoms. The van der Waals surface area contributed by atoms with Crippen molar-refractivity contribution in [1.82, 2.24) is 20.1 Å². The van der Waals surface area contributed by atoms with E-state index < -0.39 is 9.84 Å². The number of carbonyl (C=O) groups excluding carboxylic acids is 1. The second-order valence-corrected chi connectivity index (χ2v) is 10.9. The summed E-state index contributed by atoms with van der Waals surface area (Å²) in [5.74, 6) is -0.0140. The first-order chi connectivity index (χ1) is 16.3. The van der Waals surface area contributed by atoms with Crippen molar-refractivity contribution in [1.29, 1.82) is 0 Å². The lowest BCUT2D eigenvalue weighted by atomic mass is 10.0. The van der Waals surface area contributed by atoms with Crippen LogP contribution in [-0.2, 0) is 21.0 Å². The standard InChI is InChI=1S/C25H32N4O4S/c1-4-18-7-9-19(10-8-18)22-15-21(25(30)26-12-6-13-33-5-2)23-17(3)28-29(24(23)27-22)20-11-14-34(31,32)16-20/h7-10,15,20H,4-6,11-14,16H2,1-3H3,(H,26,30). The smallest absolute Gasteiger partial charge is 0.252 e. The van der Waals surface area contributed by atoms with Gasteiger partial charge in [-0.25, -0.2) is 18.1 Å². The molecular formula is C25H32N4O4S. The van der Waals surface area contributed by atoms with Crippen molar-refractivity contribution < 1.29 is 17.9 Å². The van der Waals surface area contributed by atoms with Crippen molar-refractivity contribution in [2.75, 3.05) is 31.3 Å². The van der Waals surface area contributed by atoms with E-state index >= 15 is 0 Å². The molecule has 9 heteroatoms. The Morgan fingerprint density at radius 2 is 2.00 bits per heavy atom. The average molecular weight is 485 g/mol. The van der Waals surface area contributed by atoms with Crippen molar-refractivity contribution in [3.8, 4) is 11.3 Å². The molecule has 1 N–H and O–H groups in total. The number of fused-ring (bicyclic) bond motifs is 1. The number of ether oxygens (including phenoxy) is 1. The SMILES string of the molecule is CCOCCCNC(=O)c1cc(-c2ccc(CC)cc2)nc2c1c(C)nn2C1CCS(=O)(=O)C1. The molecule has 0 bridgehead atoms. The Hall–Kier alpha value is -2.78. The summed E-state index contributed by atoms with van der Waals surface area (Å²) in [6.45, 7) is 7.61. The highest BCUT2D eigenvalue weighted by Crippen LogP contribution is 2.32. The fourth-order valence-corrected chi connectivity index (χ4v) is 6.08. The van der Waals surface area contributed by atoms with Gasteiger partial charge in [0.15, 0.2) is 15.5 Å². The lowest BCUT2D eigenvalue weighted by Crippen LogP contribution is -2.25. The van der Waals surface area contributed by atoms with Gasteiger partial charge in [0.1, 0.15) is 0 Å². The van der Waals surface area contributed by atoms with E-state index in [0.29, 0.717) is 54.2 Å². The first-order valence-electron chi connectivity index (χ1n) is 11.9. The van der Waals surface area contributed by atoms with Crippen molar-refractivity contribution >= 4 is 26.8 Å². The van der Waals surface area contributed by atoms with E-state index in [1.807, 2.05) is 32.0 Å². The Balaban J connectivity index is 1.77. The highest BCUT2D eigenvalue weighted by atomic mass is 32.2. The van der Waals surface area contributed by atoms with Crippen LogP contribution in [0.4, 0.5) is 0 Å². The number of aromatic nitrogens is 3. The first kappa shape index (κ1) is 24.3. The van der Waals surface area contributed by atoms with E-state index in [0.717, 1.165) is 18.4 Å².